The first-order chi connectivity index (χ1) is 10.1. The molecule has 1 atom stereocenters. The molecule has 1 aromatic rings. The molecule has 0 spiro atoms. The smallest absolute Gasteiger partial charge is 0.220 e. The van der Waals surface area contributed by atoms with Gasteiger partial charge in [0.15, 0.2) is 0 Å². The Kier molecular flexibility index (Phi) is 7.83. The topological polar surface area (TPSA) is 64.3 Å². The van der Waals surface area contributed by atoms with Gasteiger partial charge in [0.2, 0.25) is 5.91 Å². The molecule has 3 N–H and O–H groups in total. The molecular weight excluding hydrogens is 264 g/mol. The van der Waals surface area contributed by atoms with Crippen LogP contribution in [0.3, 0.4) is 0 Å². The van der Waals surface area contributed by atoms with E-state index in [1.165, 1.54) is 0 Å². The average molecular weight is 292 g/mol. The van der Waals surface area contributed by atoms with E-state index >= 15 is 0 Å². The summed E-state index contributed by atoms with van der Waals surface area (Å²) in [4.78, 5) is 11.9. The Morgan fingerprint density at radius 3 is 2.67 bits per heavy atom. The third kappa shape index (κ3) is 6.63. The molecule has 1 amide bonds. The van der Waals surface area contributed by atoms with Crippen LogP contribution in [-0.2, 0) is 11.2 Å². The van der Waals surface area contributed by atoms with Crippen molar-refractivity contribution in [3.8, 4) is 5.75 Å². The minimum absolute atomic E-state index is 0.0843. The van der Waals surface area contributed by atoms with Gasteiger partial charge in [-0.15, -0.1) is 0 Å². The molecule has 0 saturated carbocycles. The third-order valence-electron chi connectivity index (χ3n) is 3.52. The van der Waals surface area contributed by atoms with Crippen LogP contribution in [0.2, 0.25) is 0 Å². The van der Waals surface area contributed by atoms with Gasteiger partial charge in [-0.1, -0.05) is 32.0 Å². The predicted octanol–water partition coefficient (Wildman–Crippen LogP) is 2.37. The molecule has 118 valence electrons. The third-order valence-corrected chi connectivity index (χ3v) is 3.52. The minimum atomic E-state index is 0.0843. The number of amides is 1. The van der Waals surface area contributed by atoms with E-state index in [1.54, 1.807) is 7.11 Å². The van der Waals surface area contributed by atoms with Crippen LogP contribution < -0.4 is 15.8 Å². The monoisotopic (exact) mass is 292 g/mol. The maximum absolute atomic E-state index is 11.9. The summed E-state index contributed by atoms with van der Waals surface area (Å²) in [7, 11) is 1.66. The Labute approximate surface area is 128 Å². The van der Waals surface area contributed by atoms with Gasteiger partial charge in [0, 0.05) is 13.0 Å². The number of nitrogens with one attached hydrogen (secondary N) is 1. The highest BCUT2D eigenvalue weighted by atomic mass is 16.5. The molecule has 1 rings (SSSR count). The van der Waals surface area contributed by atoms with E-state index in [1.807, 2.05) is 24.3 Å². The van der Waals surface area contributed by atoms with Crippen LogP contribution >= 0.6 is 0 Å². The minimum Gasteiger partial charge on any atom is -0.496 e. The molecule has 0 fully saturated rings. The Bertz CT molecular complexity index is 433. The summed E-state index contributed by atoms with van der Waals surface area (Å²) in [6.07, 6.45) is 2.28. The van der Waals surface area contributed by atoms with Crippen molar-refractivity contribution in [2.24, 2.45) is 17.6 Å². The highest BCUT2D eigenvalue weighted by molar-refractivity contribution is 5.76. The summed E-state index contributed by atoms with van der Waals surface area (Å²) in [5, 5.41) is 2.97. The fourth-order valence-electron chi connectivity index (χ4n) is 2.51. The number of rotatable bonds is 9. The fourth-order valence-corrected chi connectivity index (χ4v) is 2.51. The van der Waals surface area contributed by atoms with Gasteiger partial charge in [-0.25, -0.2) is 0 Å². The van der Waals surface area contributed by atoms with Crippen molar-refractivity contribution in [1.82, 2.24) is 5.32 Å². The zero-order chi connectivity index (χ0) is 15.7. The second-order valence-corrected chi connectivity index (χ2v) is 5.85. The second-order valence-electron chi connectivity index (χ2n) is 5.85. The largest absolute Gasteiger partial charge is 0.496 e. The van der Waals surface area contributed by atoms with Gasteiger partial charge in [0.05, 0.1) is 7.11 Å². The quantitative estimate of drug-likeness (QED) is 0.734. The molecule has 0 aliphatic heterocycles. The number of nitrogens with two attached hydrogens (primary N) is 1. The summed E-state index contributed by atoms with van der Waals surface area (Å²) >= 11 is 0. The number of carbonyl (C=O) groups is 1. The van der Waals surface area contributed by atoms with Crippen LogP contribution in [0.4, 0.5) is 0 Å². The van der Waals surface area contributed by atoms with E-state index in [0.29, 0.717) is 25.4 Å². The molecule has 4 heteroatoms. The summed E-state index contributed by atoms with van der Waals surface area (Å²) in [6.45, 7) is 5.50. The number of methoxy groups -OCH3 is 1. The lowest BCUT2D eigenvalue weighted by Crippen LogP contribution is -2.30. The normalized spacial score (nSPS) is 12.2. The van der Waals surface area contributed by atoms with Crippen molar-refractivity contribution in [1.29, 1.82) is 0 Å². The number of benzene rings is 1. The van der Waals surface area contributed by atoms with Gasteiger partial charge in [0.1, 0.15) is 5.75 Å². The number of hydrogen-bond donors (Lipinski definition) is 2. The summed E-state index contributed by atoms with van der Waals surface area (Å²) in [6, 6.07) is 7.88. The molecule has 0 aliphatic rings. The van der Waals surface area contributed by atoms with Crippen LogP contribution in [0.25, 0.3) is 0 Å². The van der Waals surface area contributed by atoms with Crippen molar-refractivity contribution < 1.29 is 9.53 Å². The van der Waals surface area contributed by atoms with E-state index < -0.39 is 0 Å². The summed E-state index contributed by atoms with van der Waals surface area (Å²) in [5.74, 6) is 1.79. The number of carbonyl (C=O) groups excluding carboxylic acids is 1. The zero-order valence-electron chi connectivity index (χ0n) is 13.4. The standard InChI is InChI=1S/C17H28N2O2/c1-13(2)10-14(12-18)11-17(20)19-9-8-15-6-4-5-7-16(15)21-3/h4-7,13-14H,8-12,18H2,1-3H3,(H,19,20). The van der Waals surface area contributed by atoms with Gasteiger partial charge >= 0.3 is 0 Å². The van der Waals surface area contributed by atoms with Crippen LogP contribution in [0.5, 0.6) is 5.75 Å². The first-order valence-corrected chi connectivity index (χ1v) is 7.65. The molecule has 0 aliphatic carbocycles. The maximum Gasteiger partial charge on any atom is 0.220 e. The maximum atomic E-state index is 11.9. The van der Waals surface area contributed by atoms with Gasteiger partial charge in [-0.2, -0.15) is 0 Å². The van der Waals surface area contributed by atoms with Crippen molar-refractivity contribution in [3.05, 3.63) is 29.8 Å². The van der Waals surface area contributed by atoms with Gasteiger partial charge in [-0.3, -0.25) is 4.79 Å². The van der Waals surface area contributed by atoms with E-state index in [2.05, 4.69) is 19.2 Å². The molecule has 1 aromatic carbocycles. The van der Waals surface area contributed by atoms with Crippen LogP contribution in [0.15, 0.2) is 24.3 Å². The molecule has 4 nitrogen and oxygen atoms in total. The average Bonchev–Trinajstić information content (AvgIpc) is 2.46. The Morgan fingerprint density at radius 1 is 1.33 bits per heavy atom. The number of hydrogen-bond acceptors (Lipinski definition) is 3. The summed E-state index contributed by atoms with van der Waals surface area (Å²) < 4.78 is 5.30. The predicted molar refractivity (Wildman–Crippen MR) is 86.3 cm³/mol. The fraction of sp³-hybridized carbons (Fsp3) is 0.588. The lowest BCUT2D eigenvalue weighted by atomic mass is 9.94. The molecular formula is C17H28N2O2. The lowest BCUT2D eigenvalue weighted by Gasteiger charge is -2.16. The van der Waals surface area contributed by atoms with Crippen LogP contribution in [0.1, 0.15) is 32.3 Å². The zero-order valence-corrected chi connectivity index (χ0v) is 13.4. The van der Waals surface area contributed by atoms with Crippen molar-refractivity contribution in [3.63, 3.8) is 0 Å². The SMILES string of the molecule is COc1ccccc1CCNC(=O)CC(CN)CC(C)C. The summed E-state index contributed by atoms with van der Waals surface area (Å²) in [5.41, 5.74) is 6.84. The van der Waals surface area contributed by atoms with Gasteiger partial charge < -0.3 is 15.8 Å². The van der Waals surface area contributed by atoms with E-state index in [-0.39, 0.29) is 11.8 Å². The lowest BCUT2D eigenvalue weighted by molar-refractivity contribution is -0.122. The number of para-hydroxylation sites is 1. The Balaban J connectivity index is 2.36. The highest BCUT2D eigenvalue weighted by Crippen LogP contribution is 2.17. The molecule has 0 heterocycles. The first-order valence-electron chi connectivity index (χ1n) is 7.65. The molecule has 0 saturated heterocycles. The molecule has 0 aromatic heterocycles. The van der Waals surface area contributed by atoms with Crippen molar-refractivity contribution in [2.45, 2.75) is 33.1 Å². The first kappa shape index (κ1) is 17.5. The van der Waals surface area contributed by atoms with Crippen LogP contribution in [-0.4, -0.2) is 26.1 Å². The number of ether oxygens (including phenoxy) is 1. The van der Waals surface area contributed by atoms with E-state index in [4.69, 9.17) is 10.5 Å². The van der Waals surface area contributed by atoms with Crippen molar-refractivity contribution in [2.75, 3.05) is 20.2 Å². The molecule has 0 bridgehead atoms. The molecule has 21 heavy (non-hydrogen) atoms. The Hall–Kier alpha value is -1.55. The van der Waals surface area contributed by atoms with Crippen molar-refractivity contribution >= 4 is 5.91 Å². The van der Waals surface area contributed by atoms with Gasteiger partial charge in [-0.05, 0) is 42.9 Å². The molecule has 1 unspecified atom stereocenters. The van der Waals surface area contributed by atoms with Gasteiger partial charge in [0.25, 0.3) is 0 Å². The second kappa shape index (κ2) is 9.40. The van der Waals surface area contributed by atoms with E-state index in [0.717, 1.165) is 24.2 Å². The van der Waals surface area contributed by atoms with E-state index in [9.17, 15) is 4.79 Å². The Morgan fingerprint density at radius 2 is 2.05 bits per heavy atom. The highest BCUT2D eigenvalue weighted by Gasteiger charge is 2.13. The molecule has 0 radical (unpaired) electrons. The van der Waals surface area contributed by atoms with Crippen LogP contribution in [0, 0.1) is 11.8 Å².